The maximum absolute atomic E-state index is 5.67. The minimum absolute atomic E-state index is 0.465. The van der Waals surface area contributed by atoms with Crippen LogP contribution >= 0.6 is 0 Å². The lowest BCUT2D eigenvalue weighted by atomic mass is 9.82. The molecule has 2 rings (SSSR count). The fourth-order valence-electron chi connectivity index (χ4n) is 4.03. The van der Waals surface area contributed by atoms with E-state index in [1.165, 1.54) is 16.7 Å². The van der Waals surface area contributed by atoms with Crippen LogP contribution in [0.2, 0.25) is 0 Å². The van der Waals surface area contributed by atoms with Crippen molar-refractivity contribution in [3.05, 3.63) is 52.6 Å². The van der Waals surface area contributed by atoms with Gasteiger partial charge in [-0.2, -0.15) is 0 Å². The van der Waals surface area contributed by atoms with Crippen molar-refractivity contribution in [3.8, 4) is 17.2 Å². The first-order valence-corrected chi connectivity index (χ1v) is 10.7. The van der Waals surface area contributed by atoms with Gasteiger partial charge in [0.2, 0.25) is 0 Å². The molecule has 3 nitrogen and oxygen atoms in total. The molecule has 0 saturated heterocycles. The fraction of sp³-hybridized carbons (Fsp3) is 0.538. The second-order valence-electron chi connectivity index (χ2n) is 8.20. The van der Waals surface area contributed by atoms with Crippen LogP contribution in [-0.4, -0.2) is 21.3 Å². The van der Waals surface area contributed by atoms with Gasteiger partial charge in [0.1, 0.15) is 5.75 Å². The summed E-state index contributed by atoms with van der Waals surface area (Å²) in [4.78, 5) is 0. The third-order valence-corrected chi connectivity index (χ3v) is 5.68. The van der Waals surface area contributed by atoms with Crippen molar-refractivity contribution in [2.75, 3.05) is 21.3 Å². The standard InChI is InChI=1S/C26H38O3/c1-19(2)10-7-11-20(3)12-8-13-21-14-9-15-22(16-21)23-17-25(28-5)26(29-6)18-24(23)27-4/h10,12,14,17-18,22H,7-9,11,13,15-16H2,1-6H3. The van der Waals surface area contributed by atoms with Crippen LogP contribution in [0.3, 0.4) is 0 Å². The van der Waals surface area contributed by atoms with Crippen LogP contribution in [0, 0.1) is 0 Å². The van der Waals surface area contributed by atoms with E-state index in [4.69, 9.17) is 14.2 Å². The average molecular weight is 399 g/mol. The molecule has 1 aliphatic rings. The summed E-state index contributed by atoms with van der Waals surface area (Å²) in [5.41, 5.74) is 5.69. The van der Waals surface area contributed by atoms with Crippen LogP contribution in [0.4, 0.5) is 0 Å². The molecular weight excluding hydrogens is 360 g/mol. The van der Waals surface area contributed by atoms with Gasteiger partial charge in [-0.3, -0.25) is 0 Å². The highest BCUT2D eigenvalue weighted by atomic mass is 16.5. The minimum Gasteiger partial charge on any atom is -0.496 e. The highest BCUT2D eigenvalue weighted by Crippen LogP contribution is 2.43. The quantitative estimate of drug-likeness (QED) is 0.385. The number of ether oxygens (including phenoxy) is 3. The Bertz CT molecular complexity index is 751. The van der Waals surface area contributed by atoms with Gasteiger partial charge in [-0.25, -0.2) is 0 Å². The van der Waals surface area contributed by atoms with E-state index in [0.717, 1.165) is 56.4 Å². The monoisotopic (exact) mass is 398 g/mol. The van der Waals surface area contributed by atoms with E-state index in [2.05, 4.69) is 45.1 Å². The first kappa shape index (κ1) is 23.1. The van der Waals surface area contributed by atoms with Crippen molar-refractivity contribution in [2.45, 2.75) is 71.6 Å². The predicted octanol–water partition coefficient (Wildman–Crippen LogP) is 7.38. The largest absolute Gasteiger partial charge is 0.496 e. The molecule has 1 aromatic rings. The van der Waals surface area contributed by atoms with Gasteiger partial charge in [-0.15, -0.1) is 0 Å². The molecule has 0 N–H and O–H groups in total. The lowest BCUT2D eigenvalue weighted by Crippen LogP contribution is -2.08. The zero-order chi connectivity index (χ0) is 21.2. The summed E-state index contributed by atoms with van der Waals surface area (Å²) >= 11 is 0. The summed E-state index contributed by atoms with van der Waals surface area (Å²) in [6.45, 7) is 6.59. The van der Waals surface area contributed by atoms with Crippen molar-refractivity contribution in [2.24, 2.45) is 0 Å². The first-order valence-electron chi connectivity index (χ1n) is 10.7. The Morgan fingerprint density at radius 2 is 1.62 bits per heavy atom. The third kappa shape index (κ3) is 6.99. The molecule has 0 radical (unpaired) electrons. The van der Waals surface area contributed by atoms with Crippen LogP contribution in [0.5, 0.6) is 17.2 Å². The third-order valence-electron chi connectivity index (χ3n) is 5.68. The van der Waals surface area contributed by atoms with E-state index < -0.39 is 0 Å². The molecule has 1 aromatic carbocycles. The average Bonchev–Trinajstić information content (AvgIpc) is 2.72. The Morgan fingerprint density at radius 3 is 2.28 bits per heavy atom. The molecule has 0 saturated carbocycles. The minimum atomic E-state index is 0.465. The summed E-state index contributed by atoms with van der Waals surface area (Å²) in [5, 5.41) is 0. The van der Waals surface area contributed by atoms with Crippen molar-refractivity contribution in [1.82, 2.24) is 0 Å². The molecule has 0 aliphatic heterocycles. The highest BCUT2D eigenvalue weighted by Gasteiger charge is 2.23. The summed E-state index contributed by atoms with van der Waals surface area (Å²) < 4.78 is 16.6. The Balaban J connectivity index is 2.00. The summed E-state index contributed by atoms with van der Waals surface area (Å²) in [7, 11) is 5.08. The maximum atomic E-state index is 5.67. The molecule has 160 valence electrons. The molecular formula is C26H38O3. The molecule has 29 heavy (non-hydrogen) atoms. The number of hydrogen-bond donors (Lipinski definition) is 0. The topological polar surface area (TPSA) is 27.7 Å². The van der Waals surface area contributed by atoms with Gasteiger partial charge in [0, 0.05) is 11.6 Å². The zero-order valence-corrected chi connectivity index (χ0v) is 19.1. The van der Waals surface area contributed by atoms with Crippen molar-refractivity contribution >= 4 is 0 Å². The van der Waals surface area contributed by atoms with Crippen molar-refractivity contribution in [1.29, 1.82) is 0 Å². The van der Waals surface area contributed by atoms with E-state index in [9.17, 15) is 0 Å². The highest BCUT2D eigenvalue weighted by molar-refractivity contribution is 5.52. The summed E-state index contributed by atoms with van der Waals surface area (Å²) in [6, 6.07) is 4.04. The number of benzene rings is 1. The van der Waals surface area contributed by atoms with Gasteiger partial charge in [-0.05, 0) is 77.7 Å². The predicted molar refractivity (Wildman–Crippen MR) is 122 cm³/mol. The molecule has 0 fully saturated rings. The second kappa shape index (κ2) is 11.7. The molecule has 0 amide bonds. The number of methoxy groups -OCH3 is 3. The van der Waals surface area contributed by atoms with E-state index in [-0.39, 0.29) is 0 Å². The van der Waals surface area contributed by atoms with Crippen LogP contribution in [0.1, 0.15) is 77.2 Å². The molecule has 0 heterocycles. The molecule has 1 unspecified atom stereocenters. The molecule has 1 atom stereocenters. The van der Waals surface area contributed by atoms with Gasteiger partial charge < -0.3 is 14.2 Å². The van der Waals surface area contributed by atoms with E-state index in [1.807, 2.05) is 6.07 Å². The second-order valence-corrected chi connectivity index (χ2v) is 8.20. The molecule has 0 bridgehead atoms. The van der Waals surface area contributed by atoms with Crippen molar-refractivity contribution < 1.29 is 14.2 Å². The first-order chi connectivity index (χ1) is 14.0. The Kier molecular flexibility index (Phi) is 9.37. The molecule has 1 aliphatic carbocycles. The van der Waals surface area contributed by atoms with Crippen LogP contribution in [0.15, 0.2) is 47.1 Å². The zero-order valence-electron chi connectivity index (χ0n) is 19.1. The van der Waals surface area contributed by atoms with E-state index >= 15 is 0 Å². The van der Waals surface area contributed by atoms with Crippen LogP contribution < -0.4 is 14.2 Å². The normalized spacial score (nSPS) is 16.8. The fourth-order valence-corrected chi connectivity index (χ4v) is 4.03. The van der Waals surface area contributed by atoms with Gasteiger partial charge in [0.25, 0.3) is 0 Å². The number of rotatable bonds is 10. The molecule has 0 aromatic heterocycles. The van der Waals surface area contributed by atoms with Gasteiger partial charge in [0.15, 0.2) is 11.5 Å². The van der Waals surface area contributed by atoms with Gasteiger partial charge in [-0.1, -0.05) is 34.9 Å². The lowest BCUT2D eigenvalue weighted by molar-refractivity contribution is 0.345. The van der Waals surface area contributed by atoms with Gasteiger partial charge in [0.05, 0.1) is 21.3 Å². The Hall–Kier alpha value is -2.16. The summed E-state index contributed by atoms with van der Waals surface area (Å²) in [5.74, 6) is 2.85. The van der Waals surface area contributed by atoms with Crippen LogP contribution in [-0.2, 0) is 0 Å². The van der Waals surface area contributed by atoms with E-state index in [1.54, 1.807) is 26.9 Å². The molecule has 0 spiro atoms. The molecule has 3 heteroatoms. The maximum Gasteiger partial charge on any atom is 0.164 e. The lowest BCUT2D eigenvalue weighted by Gasteiger charge is -2.25. The van der Waals surface area contributed by atoms with E-state index in [0.29, 0.717) is 11.7 Å². The Labute approximate surface area is 177 Å². The van der Waals surface area contributed by atoms with Gasteiger partial charge >= 0.3 is 0 Å². The van der Waals surface area contributed by atoms with Crippen molar-refractivity contribution in [3.63, 3.8) is 0 Å². The number of allylic oxidation sites excluding steroid dienone is 6. The SMILES string of the molecule is COc1cc(OC)c(C2CCC=C(CCC=C(C)CCC=C(C)C)C2)cc1OC. The number of hydrogen-bond acceptors (Lipinski definition) is 3. The summed E-state index contributed by atoms with van der Waals surface area (Å²) in [6.07, 6.45) is 15.1. The smallest absolute Gasteiger partial charge is 0.164 e. The Morgan fingerprint density at radius 1 is 0.931 bits per heavy atom. The van der Waals surface area contributed by atoms with Crippen LogP contribution in [0.25, 0.3) is 0 Å².